The molecule has 0 bridgehead atoms. The molecule has 5 heteroatoms. The van der Waals surface area contributed by atoms with Crippen molar-refractivity contribution in [3.05, 3.63) is 24.3 Å². The maximum absolute atomic E-state index is 10.7. The molecule has 0 saturated carbocycles. The predicted octanol–water partition coefficient (Wildman–Crippen LogP) is -1.41. The number of hydrogen-bond acceptors (Lipinski definition) is 2. The van der Waals surface area contributed by atoms with Crippen LogP contribution in [0.2, 0.25) is 0 Å². The van der Waals surface area contributed by atoms with Gasteiger partial charge in [0, 0.05) is 0 Å². The number of benzene rings is 1. The first-order chi connectivity index (χ1) is 5.00. The van der Waals surface area contributed by atoms with Gasteiger partial charge in [-0.05, 0) is 12.1 Å². The average Bonchev–Trinajstić information content (AvgIpc) is 1.86. The van der Waals surface area contributed by atoms with Crippen molar-refractivity contribution in [3.8, 4) is 0 Å². The van der Waals surface area contributed by atoms with Gasteiger partial charge in [0.15, 0.2) is 0 Å². The van der Waals surface area contributed by atoms with Gasteiger partial charge < -0.3 is 0 Å². The predicted molar refractivity (Wildman–Crippen MR) is 46.0 cm³/mol. The van der Waals surface area contributed by atoms with Gasteiger partial charge in [0.25, 0.3) is 0 Å². The zero-order valence-electron chi connectivity index (χ0n) is 6.11. The van der Waals surface area contributed by atoms with E-state index in [-0.39, 0.29) is 4.90 Å². The van der Waals surface area contributed by atoms with Crippen LogP contribution in [0, 0.1) is 0 Å². The molecule has 0 radical (unpaired) electrons. The molecule has 1 aromatic carbocycles. The van der Waals surface area contributed by atoms with Crippen molar-refractivity contribution in [3.63, 3.8) is 0 Å². The van der Waals surface area contributed by atoms with Crippen LogP contribution in [0.1, 0.15) is 0 Å². The molecule has 0 unspecified atom stereocenters. The van der Waals surface area contributed by atoms with E-state index < -0.39 is 10.0 Å². The number of primary sulfonamides is 1. The Morgan fingerprint density at radius 2 is 1.64 bits per heavy atom. The van der Waals surface area contributed by atoms with Crippen LogP contribution in [-0.4, -0.2) is 16.3 Å². The molecule has 0 spiro atoms. The second-order valence-corrected chi connectivity index (χ2v) is 3.92. The molecule has 1 aromatic rings. The largest absolute Gasteiger partial charge is 0.238 e. The Morgan fingerprint density at radius 1 is 1.18 bits per heavy atom. The van der Waals surface area contributed by atoms with E-state index in [4.69, 9.17) is 5.14 Å². The van der Waals surface area contributed by atoms with Gasteiger partial charge >= 0.3 is 0 Å². The lowest BCUT2D eigenvalue weighted by molar-refractivity contribution is 0.598. The highest BCUT2D eigenvalue weighted by Gasteiger charge is 2.04. The highest BCUT2D eigenvalue weighted by Crippen LogP contribution is 2.01. The van der Waals surface area contributed by atoms with Crippen LogP contribution in [0.15, 0.2) is 29.2 Å². The summed E-state index contributed by atoms with van der Waals surface area (Å²) in [6, 6.07) is 6.40. The van der Waals surface area contributed by atoms with Crippen molar-refractivity contribution in [1.82, 2.24) is 0 Å². The van der Waals surface area contributed by atoms with Gasteiger partial charge in [0.05, 0.1) is 4.90 Å². The van der Waals surface area contributed by atoms with Crippen LogP contribution >= 0.6 is 0 Å². The van der Waals surface area contributed by atoms with E-state index in [0.29, 0.717) is 0 Å². The molecule has 0 heterocycles. The first-order valence-corrected chi connectivity index (χ1v) is 4.64. The SMILES string of the molecule is Bc1ccc(S(N)(=O)=O)cc1. The quantitative estimate of drug-likeness (QED) is 0.525. The Balaban J connectivity index is 3.20. The number of rotatable bonds is 1. The molecule has 0 amide bonds. The molecule has 0 aromatic heterocycles. The van der Waals surface area contributed by atoms with Gasteiger partial charge in [-0.25, -0.2) is 13.6 Å². The fourth-order valence-electron chi connectivity index (χ4n) is 0.728. The molecule has 11 heavy (non-hydrogen) atoms. The lowest BCUT2D eigenvalue weighted by atomic mass is 9.97. The number of hydrogen-bond donors (Lipinski definition) is 1. The minimum absolute atomic E-state index is 0.156. The van der Waals surface area contributed by atoms with Gasteiger partial charge in [0.2, 0.25) is 10.0 Å². The summed E-state index contributed by atoms with van der Waals surface area (Å²) in [7, 11) is -1.64. The van der Waals surface area contributed by atoms with Crippen molar-refractivity contribution in [2.45, 2.75) is 4.90 Å². The van der Waals surface area contributed by atoms with E-state index in [1.807, 2.05) is 7.85 Å². The Labute approximate surface area is 66.7 Å². The Hall–Kier alpha value is -0.805. The summed E-state index contributed by atoms with van der Waals surface area (Å²) in [4.78, 5) is 0.156. The molecular weight excluding hydrogens is 161 g/mol. The summed E-state index contributed by atoms with van der Waals surface area (Å²) in [6.07, 6.45) is 0. The zero-order chi connectivity index (χ0) is 8.48. The van der Waals surface area contributed by atoms with E-state index in [9.17, 15) is 8.42 Å². The third kappa shape index (κ3) is 2.06. The second-order valence-electron chi connectivity index (χ2n) is 2.36. The van der Waals surface area contributed by atoms with Crippen molar-refractivity contribution in [2.75, 3.05) is 0 Å². The lowest BCUT2D eigenvalue weighted by Gasteiger charge is -1.96. The lowest BCUT2D eigenvalue weighted by Crippen LogP contribution is -2.13. The summed E-state index contributed by atoms with van der Waals surface area (Å²) in [6.45, 7) is 0. The summed E-state index contributed by atoms with van der Waals surface area (Å²) >= 11 is 0. The van der Waals surface area contributed by atoms with E-state index in [0.717, 1.165) is 5.46 Å². The zero-order valence-corrected chi connectivity index (χ0v) is 6.93. The van der Waals surface area contributed by atoms with Gasteiger partial charge in [0.1, 0.15) is 7.85 Å². The number of sulfonamides is 1. The maximum atomic E-state index is 10.7. The highest BCUT2D eigenvalue weighted by molar-refractivity contribution is 7.89. The third-order valence-corrected chi connectivity index (χ3v) is 2.28. The van der Waals surface area contributed by atoms with E-state index in [1.54, 1.807) is 12.1 Å². The van der Waals surface area contributed by atoms with Crippen LogP contribution in [-0.2, 0) is 10.0 Å². The monoisotopic (exact) mass is 169 g/mol. The molecule has 0 aliphatic carbocycles. The standard InChI is InChI=1S/C6H8BNO2S/c7-5-1-3-6(4-2-5)11(8,9)10/h1-4H,7H2,(H2,8,9,10). The molecule has 0 atom stereocenters. The fraction of sp³-hybridized carbons (Fsp3) is 0. The first-order valence-electron chi connectivity index (χ1n) is 3.09. The average molecular weight is 169 g/mol. The van der Waals surface area contributed by atoms with Crippen LogP contribution < -0.4 is 10.6 Å². The minimum atomic E-state index is -3.52. The minimum Gasteiger partial charge on any atom is -0.225 e. The van der Waals surface area contributed by atoms with Crippen molar-refractivity contribution in [2.24, 2.45) is 5.14 Å². The van der Waals surface area contributed by atoms with E-state index >= 15 is 0 Å². The fourth-order valence-corrected chi connectivity index (χ4v) is 1.24. The van der Waals surface area contributed by atoms with Gasteiger partial charge in [-0.2, -0.15) is 0 Å². The molecule has 0 fully saturated rings. The van der Waals surface area contributed by atoms with Crippen molar-refractivity contribution < 1.29 is 8.42 Å². The van der Waals surface area contributed by atoms with Gasteiger partial charge in [-0.15, -0.1) is 0 Å². The molecular formula is C6H8BNO2S. The molecule has 0 aliphatic heterocycles. The summed E-state index contributed by atoms with van der Waals surface area (Å²) in [5.74, 6) is 0. The van der Waals surface area contributed by atoms with Gasteiger partial charge in [-0.1, -0.05) is 17.6 Å². The Kier molecular flexibility index (Phi) is 2.02. The van der Waals surface area contributed by atoms with E-state index in [1.165, 1.54) is 12.1 Å². The van der Waals surface area contributed by atoms with Crippen LogP contribution in [0.25, 0.3) is 0 Å². The number of nitrogens with two attached hydrogens (primary N) is 1. The maximum Gasteiger partial charge on any atom is 0.238 e. The van der Waals surface area contributed by atoms with Crippen LogP contribution in [0.5, 0.6) is 0 Å². The smallest absolute Gasteiger partial charge is 0.225 e. The Morgan fingerprint density at radius 3 is 2.00 bits per heavy atom. The van der Waals surface area contributed by atoms with Crippen molar-refractivity contribution in [1.29, 1.82) is 0 Å². The third-order valence-electron chi connectivity index (χ3n) is 1.35. The van der Waals surface area contributed by atoms with Crippen LogP contribution in [0.4, 0.5) is 0 Å². The Bertz CT molecular complexity index is 343. The molecule has 0 aliphatic rings. The summed E-state index contributed by atoms with van der Waals surface area (Å²) in [5, 5.41) is 4.88. The molecule has 2 N–H and O–H groups in total. The topological polar surface area (TPSA) is 60.2 Å². The summed E-state index contributed by atoms with van der Waals surface area (Å²) < 4.78 is 21.4. The molecule has 1 rings (SSSR count). The van der Waals surface area contributed by atoms with Crippen molar-refractivity contribution >= 4 is 23.3 Å². The normalized spacial score (nSPS) is 11.4. The summed E-state index contributed by atoms with van der Waals surface area (Å²) in [5.41, 5.74) is 1.01. The molecule has 3 nitrogen and oxygen atoms in total. The van der Waals surface area contributed by atoms with E-state index in [2.05, 4.69) is 0 Å². The second kappa shape index (κ2) is 2.67. The van der Waals surface area contributed by atoms with Gasteiger partial charge in [-0.3, -0.25) is 0 Å². The van der Waals surface area contributed by atoms with Crippen LogP contribution in [0.3, 0.4) is 0 Å². The first kappa shape index (κ1) is 8.29. The molecule has 58 valence electrons. The molecule has 0 saturated heterocycles. The highest BCUT2D eigenvalue weighted by atomic mass is 32.2.